The maximum Gasteiger partial charge on any atom is 0.317 e. The van der Waals surface area contributed by atoms with E-state index >= 15 is 0 Å². The van der Waals surface area contributed by atoms with Crippen LogP contribution in [-0.4, -0.2) is 36.0 Å². The molecule has 0 bridgehead atoms. The average Bonchev–Trinajstić information content (AvgIpc) is 2.50. The van der Waals surface area contributed by atoms with Gasteiger partial charge in [0.25, 0.3) is 0 Å². The van der Waals surface area contributed by atoms with E-state index in [0.717, 1.165) is 0 Å². The van der Waals surface area contributed by atoms with Gasteiger partial charge < -0.3 is 15.5 Å². The number of urea groups is 1. The maximum absolute atomic E-state index is 12.4. The third kappa shape index (κ3) is 4.75. The smallest absolute Gasteiger partial charge is 0.317 e. The lowest BCUT2D eigenvalue weighted by Gasteiger charge is -2.32. The van der Waals surface area contributed by atoms with Gasteiger partial charge in [-0.25, -0.2) is 4.79 Å². The van der Waals surface area contributed by atoms with Crippen molar-refractivity contribution < 1.29 is 9.59 Å². The van der Waals surface area contributed by atoms with Crippen LogP contribution in [0.4, 0.5) is 10.5 Å². The Hall–Kier alpha value is -1.46. The predicted octanol–water partition coefficient (Wildman–Crippen LogP) is 3.76. The number of hydrogen-bond acceptors (Lipinski definition) is 2. The second kappa shape index (κ2) is 7.88. The van der Waals surface area contributed by atoms with Gasteiger partial charge in [-0.15, -0.1) is 0 Å². The van der Waals surface area contributed by atoms with Crippen molar-refractivity contribution in [3.05, 3.63) is 28.2 Å². The summed E-state index contributed by atoms with van der Waals surface area (Å²) in [6.45, 7) is 4.97. The van der Waals surface area contributed by atoms with Crippen molar-refractivity contribution in [1.82, 2.24) is 10.2 Å². The van der Waals surface area contributed by atoms with Crippen molar-refractivity contribution in [2.24, 2.45) is 5.92 Å². The minimum absolute atomic E-state index is 0.0759. The van der Waals surface area contributed by atoms with Crippen LogP contribution in [0, 0.1) is 5.92 Å². The normalized spacial score (nSPS) is 15.6. The first-order chi connectivity index (χ1) is 10.9. The predicted molar refractivity (Wildman–Crippen MR) is 93.1 cm³/mol. The van der Waals surface area contributed by atoms with Crippen LogP contribution in [0.2, 0.25) is 10.0 Å². The highest BCUT2D eigenvalue weighted by atomic mass is 35.5. The molecule has 0 atom stereocenters. The third-order valence-corrected chi connectivity index (χ3v) is 4.41. The Bertz CT molecular complexity index is 564. The number of amides is 3. The molecule has 0 aromatic heterocycles. The molecule has 2 N–H and O–H groups in total. The highest BCUT2D eigenvalue weighted by molar-refractivity contribution is 6.39. The first-order valence-corrected chi connectivity index (χ1v) is 8.44. The monoisotopic (exact) mass is 357 g/mol. The summed E-state index contributed by atoms with van der Waals surface area (Å²) >= 11 is 12.1. The number of piperidine rings is 1. The van der Waals surface area contributed by atoms with Crippen LogP contribution in [-0.2, 0) is 4.79 Å². The van der Waals surface area contributed by atoms with Crippen molar-refractivity contribution >= 4 is 40.8 Å². The number of carbonyl (C=O) groups is 2. The van der Waals surface area contributed by atoms with Gasteiger partial charge in [-0.05, 0) is 38.8 Å². The van der Waals surface area contributed by atoms with E-state index in [2.05, 4.69) is 10.6 Å². The van der Waals surface area contributed by atoms with Crippen LogP contribution in [0.25, 0.3) is 0 Å². The summed E-state index contributed by atoms with van der Waals surface area (Å²) in [5, 5.41) is 6.50. The zero-order chi connectivity index (χ0) is 17.0. The van der Waals surface area contributed by atoms with Crippen molar-refractivity contribution in [3.8, 4) is 0 Å². The van der Waals surface area contributed by atoms with Crippen LogP contribution < -0.4 is 10.6 Å². The first-order valence-electron chi connectivity index (χ1n) is 7.68. The molecule has 1 aromatic rings. The molecule has 0 unspecified atom stereocenters. The van der Waals surface area contributed by atoms with Crippen LogP contribution in [0.3, 0.4) is 0 Å². The Kier molecular flexibility index (Phi) is 6.13. The number of rotatable bonds is 3. The molecule has 1 saturated heterocycles. The van der Waals surface area contributed by atoms with E-state index in [9.17, 15) is 9.59 Å². The summed E-state index contributed by atoms with van der Waals surface area (Å²) in [7, 11) is 0. The van der Waals surface area contributed by atoms with E-state index in [1.807, 2.05) is 13.8 Å². The lowest BCUT2D eigenvalue weighted by Crippen LogP contribution is -2.47. The van der Waals surface area contributed by atoms with Gasteiger partial charge in [-0.3, -0.25) is 4.79 Å². The topological polar surface area (TPSA) is 61.4 Å². The van der Waals surface area contributed by atoms with E-state index < -0.39 is 0 Å². The zero-order valence-corrected chi connectivity index (χ0v) is 14.7. The fourth-order valence-electron chi connectivity index (χ4n) is 2.53. The molecule has 1 aromatic carbocycles. The van der Waals surface area contributed by atoms with Crippen LogP contribution in [0.15, 0.2) is 18.2 Å². The van der Waals surface area contributed by atoms with Gasteiger partial charge in [0.1, 0.15) is 0 Å². The number of nitrogens with one attached hydrogen (secondary N) is 2. The summed E-state index contributed by atoms with van der Waals surface area (Å²) < 4.78 is 0. The molecule has 126 valence electrons. The molecule has 7 heteroatoms. The van der Waals surface area contributed by atoms with Crippen molar-refractivity contribution in [3.63, 3.8) is 0 Å². The molecule has 23 heavy (non-hydrogen) atoms. The van der Waals surface area contributed by atoms with Gasteiger partial charge in [0.2, 0.25) is 5.91 Å². The Morgan fingerprint density at radius 3 is 2.26 bits per heavy atom. The first kappa shape index (κ1) is 17.9. The van der Waals surface area contributed by atoms with Crippen LogP contribution in [0.5, 0.6) is 0 Å². The summed E-state index contributed by atoms with van der Waals surface area (Å²) in [4.78, 5) is 26.1. The molecule has 5 nitrogen and oxygen atoms in total. The van der Waals surface area contributed by atoms with E-state index in [4.69, 9.17) is 23.2 Å². The Morgan fingerprint density at radius 2 is 1.74 bits per heavy atom. The Morgan fingerprint density at radius 1 is 1.17 bits per heavy atom. The van der Waals surface area contributed by atoms with Crippen molar-refractivity contribution in [2.45, 2.75) is 32.7 Å². The molecule has 2 rings (SSSR count). The van der Waals surface area contributed by atoms with E-state index in [1.54, 1.807) is 23.1 Å². The number of benzene rings is 1. The van der Waals surface area contributed by atoms with Gasteiger partial charge in [0, 0.05) is 25.0 Å². The Labute approximate surface area is 146 Å². The summed E-state index contributed by atoms with van der Waals surface area (Å²) in [6, 6.07) is 5.12. The molecule has 1 aliphatic heterocycles. The molecule has 1 heterocycles. The lowest BCUT2D eigenvalue weighted by molar-refractivity contribution is -0.121. The molecule has 0 radical (unpaired) electrons. The average molecular weight is 358 g/mol. The maximum atomic E-state index is 12.4. The van der Waals surface area contributed by atoms with Gasteiger partial charge >= 0.3 is 6.03 Å². The number of nitrogens with zero attached hydrogens (tertiary/aromatic N) is 1. The minimum atomic E-state index is -0.148. The molecule has 0 saturated carbocycles. The number of halogens is 2. The van der Waals surface area contributed by atoms with E-state index in [1.165, 1.54) is 0 Å². The number of para-hydroxylation sites is 1. The Balaban J connectivity index is 1.90. The summed E-state index contributed by atoms with van der Waals surface area (Å²) in [5.41, 5.74) is 0.445. The van der Waals surface area contributed by atoms with Gasteiger partial charge in [-0.1, -0.05) is 29.3 Å². The minimum Gasteiger partial charge on any atom is -0.336 e. The second-order valence-electron chi connectivity index (χ2n) is 5.95. The molecule has 1 fully saturated rings. The van der Waals surface area contributed by atoms with Gasteiger partial charge in [0.15, 0.2) is 0 Å². The highest BCUT2D eigenvalue weighted by Gasteiger charge is 2.28. The summed E-state index contributed by atoms with van der Waals surface area (Å²) in [6.07, 6.45) is 1.25. The van der Waals surface area contributed by atoms with Crippen molar-refractivity contribution in [1.29, 1.82) is 0 Å². The number of anilines is 1. The van der Waals surface area contributed by atoms with E-state index in [-0.39, 0.29) is 23.9 Å². The second-order valence-corrected chi connectivity index (χ2v) is 6.77. The molecule has 0 spiro atoms. The largest absolute Gasteiger partial charge is 0.336 e. The standard InChI is InChI=1S/C16H21Cl2N3O2/c1-10(2)19-16(23)21-8-6-11(7-9-21)15(22)20-14-12(17)4-3-5-13(14)18/h3-5,10-11H,6-9H2,1-2H3,(H,19,23)(H,20,22). The van der Waals surface area contributed by atoms with Gasteiger partial charge in [0.05, 0.1) is 15.7 Å². The highest BCUT2D eigenvalue weighted by Crippen LogP contribution is 2.31. The zero-order valence-electron chi connectivity index (χ0n) is 13.2. The third-order valence-electron chi connectivity index (χ3n) is 3.78. The number of hydrogen-bond donors (Lipinski definition) is 2. The fourth-order valence-corrected chi connectivity index (χ4v) is 3.02. The molecule has 3 amide bonds. The quantitative estimate of drug-likeness (QED) is 0.864. The number of carbonyl (C=O) groups excluding carboxylic acids is 2. The van der Waals surface area contributed by atoms with Crippen LogP contribution in [0.1, 0.15) is 26.7 Å². The number of likely N-dealkylation sites (tertiary alicyclic amines) is 1. The SMILES string of the molecule is CC(C)NC(=O)N1CCC(C(=O)Nc2c(Cl)cccc2Cl)CC1. The molecule has 1 aliphatic rings. The molecular formula is C16H21Cl2N3O2. The van der Waals surface area contributed by atoms with Gasteiger partial charge in [-0.2, -0.15) is 0 Å². The fraction of sp³-hybridized carbons (Fsp3) is 0.500. The lowest BCUT2D eigenvalue weighted by atomic mass is 9.96. The van der Waals surface area contributed by atoms with Crippen molar-refractivity contribution in [2.75, 3.05) is 18.4 Å². The van der Waals surface area contributed by atoms with E-state index in [0.29, 0.717) is 41.7 Å². The molecular weight excluding hydrogens is 337 g/mol. The van der Waals surface area contributed by atoms with Crippen LogP contribution >= 0.6 is 23.2 Å². The molecule has 0 aliphatic carbocycles. The summed E-state index contributed by atoms with van der Waals surface area (Å²) in [5.74, 6) is -0.255.